The van der Waals surface area contributed by atoms with Gasteiger partial charge in [-0.2, -0.15) is 26.3 Å². The SMILES string of the molecule is Cc1nc2c(c(N(C)C)n1)CN(C(=O)Nc1cc(C(F)(F)F)cc(C(F)(F)F)c1)CC2. The zero-order valence-electron chi connectivity index (χ0n) is 16.8. The second-order valence-electron chi connectivity index (χ2n) is 7.31. The molecular weight excluding hydrogens is 428 g/mol. The number of alkyl halides is 6. The molecule has 0 aliphatic carbocycles. The van der Waals surface area contributed by atoms with Crippen molar-refractivity contribution < 1.29 is 31.1 Å². The molecule has 31 heavy (non-hydrogen) atoms. The van der Waals surface area contributed by atoms with Gasteiger partial charge in [0.1, 0.15) is 11.6 Å². The molecule has 1 N–H and O–H groups in total. The Morgan fingerprint density at radius 3 is 2.13 bits per heavy atom. The number of nitrogens with zero attached hydrogens (tertiary/aromatic N) is 4. The van der Waals surface area contributed by atoms with Crippen LogP contribution >= 0.6 is 0 Å². The zero-order valence-corrected chi connectivity index (χ0v) is 16.8. The van der Waals surface area contributed by atoms with Crippen LogP contribution in [0.4, 0.5) is 42.6 Å². The Balaban J connectivity index is 1.88. The molecule has 3 rings (SSSR count). The van der Waals surface area contributed by atoms with Gasteiger partial charge in [0.15, 0.2) is 0 Å². The summed E-state index contributed by atoms with van der Waals surface area (Å²) in [5.41, 5.74) is -2.16. The molecule has 0 bridgehead atoms. The number of benzene rings is 1. The van der Waals surface area contributed by atoms with Crippen LogP contribution in [0.25, 0.3) is 0 Å². The average Bonchev–Trinajstić information content (AvgIpc) is 2.65. The van der Waals surface area contributed by atoms with Crippen LogP contribution in [0, 0.1) is 6.92 Å². The molecule has 0 saturated heterocycles. The van der Waals surface area contributed by atoms with Gasteiger partial charge in [-0.3, -0.25) is 0 Å². The van der Waals surface area contributed by atoms with Gasteiger partial charge in [-0.15, -0.1) is 0 Å². The third-order valence-corrected chi connectivity index (χ3v) is 4.70. The van der Waals surface area contributed by atoms with Gasteiger partial charge in [0.05, 0.1) is 23.4 Å². The quantitative estimate of drug-likeness (QED) is 0.690. The largest absolute Gasteiger partial charge is 0.416 e. The number of urea groups is 1. The van der Waals surface area contributed by atoms with Gasteiger partial charge < -0.3 is 15.1 Å². The number of hydrogen-bond acceptors (Lipinski definition) is 4. The number of fused-ring (bicyclic) bond motifs is 1. The summed E-state index contributed by atoms with van der Waals surface area (Å²) in [4.78, 5) is 24.4. The second-order valence-corrected chi connectivity index (χ2v) is 7.31. The zero-order chi connectivity index (χ0) is 23.1. The van der Waals surface area contributed by atoms with Crippen molar-refractivity contribution in [1.82, 2.24) is 14.9 Å². The Kier molecular flexibility index (Phi) is 5.76. The molecule has 2 aromatic rings. The van der Waals surface area contributed by atoms with E-state index < -0.39 is 35.2 Å². The lowest BCUT2D eigenvalue weighted by molar-refractivity contribution is -0.143. The summed E-state index contributed by atoms with van der Waals surface area (Å²) in [6.07, 6.45) is -9.62. The van der Waals surface area contributed by atoms with Gasteiger partial charge in [0, 0.05) is 38.3 Å². The maximum absolute atomic E-state index is 13.0. The molecule has 0 radical (unpaired) electrons. The summed E-state index contributed by atoms with van der Waals surface area (Å²) >= 11 is 0. The Morgan fingerprint density at radius 2 is 1.61 bits per heavy atom. The van der Waals surface area contributed by atoms with Crippen LogP contribution in [0.3, 0.4) is 0 Å². The number of hydrogen-bond donors (Lipinski definition) is 1. The van der Waals surface area contributed by atoms with Crippen molar-refractivity contribution in [2.75, 3.05) is 30.9 Å². The maximum Gasteiger partial charge on any atom is 0.416 e. The summed E-state index contributed by atoms with van der Waals surface area (Å²) in [6, 6.07) is 0.143. The van der Waals surface area contributed by atoms with Crippen molar-refractivity contribution in [2.45, 2.75) is 32.2 Å². The van der Waals surface area contributed by atoms with E-state index in [-0.39, 0.29) is 19.2 Å². The highest BCUT2D eigenvalue weighted by Crippen LogP contribution is 2.37. The van der Waals surface area contributed by atoms with Crippen LogP contribution in [0.15, 0.2) is 18.2 Å². The Bertz CT molecular complexity index is 970. The lowest BCUT2D eigenvalue weighted by Gasteiger charge is -2.31. The number of halogens is 6. The van der Waals surface area contributed by atoms with Crippen molar-refractivity contribution in [3.8, 4) is 0 Å². The van der Waals surface area contributed by atoms with Crippen LogP contribution in [0.2, 0.25) is 0 Å². The number of carbonyl (C=O) groups excluding carboxylic acids is 1. The minimum absolute atomic E-state index is 0.00975. The Labute approximate surface area is 173 Å². The minimum atomic E-state index is -5.00. The summed E-state index contributed by atoms with van der Waals surface area (Å²) in [5.74, 6) is 1.16. The van der Waals surface area contributed by atoms with Crippen LogP contribution in [0.5, 0.6) is 0 Å². The number of rotatable bonds is 2. The minimum Gasteiger partial charge on any atom is -0.362 e. The predicted molar refractivity (Wildman–Crippen MR) is 101 cm³/mol. The summed E-state index contributed by atoms with van der Waals surface area (Å²) in [6.45, 7) is 2.01. The van der Waals surface area contributed by atoms with Crippen LogP contribution in [-0.2, 0) is 25.3 Å². The van der Waals surface area contributed by atoms with E-state index >= 15 is 0 Å². The normalized spacial score (nSPS) is 14.3. The third-order valence-electron chi connectivity index (χ3n) is 4.70. The lowest BCUT2D eigenvalue weighted by Crippen LogP contribution is -2.40. The molecule has 1 aromatic heterocycles. The van der Waals surface area contributed by atoms with Gasteiger partial charge in [-0.25, -0.2) is 14.8 Å². The average molecular weight is 447 g/mol. The predicted octanol–water partition coefficient (Wildman–Crippen LogP) is 4.48. The number of aromatic nitrogens is 2. The van der Waals surface area contributed by atoms with E-state index in [4.69, 9.17) is 0 Å². The molecule has 0 unspecified atom stereocenters. The van der Waals surface area contributed by atoms with Gasteiger partial charge >= 0.3 is 18.4 Å². The first-order valence-corrected chi connectivity index (χ1v) is 9.15. The van der Waals surface area contributed by atoms with Crippen molar-refractivity contribution in [2.24, 2.45) is 0 Å². The van der Waals surface area contributed by atoms with Crippen LogP contribution in [-0.4, -0.2) is 41.5 Å². The molecule has 2 heterocycles. The van der Waals surface area contributed by atoms with Crippen LogP contribution < -0.4 is 10.2 Å². The number of aryl methyl sites for hydroxylation is 1. The van der Waals surface area contributed by atoms with E-state index in [2.05, 4.69) is 15.3 Å². The van der Waals surface area contributed by atoms with E-state index in [0.29, 0.717) is 35.8 Å². The maximum atomic E-state index is 13.0. The molecule has 2 amide bonds. The molecule has 0 spiro atoms. The topological polar surface area (TPSA) is 61.4 Å². The number of anilines is 2. The second kappa shape index (κ2) is 7.89. The van der Waals surface area contributed by atoms with E-state index in [1.807, 2.05) is 0 Å². The van der Waals surface area contributed by atoms with E-state index in [0.717, 1.165) is 5.69 Å². The van der Waals surface area contributed by atoms with Gasteiger partial charge in [0.2, 0.25) is 0 Å². The van der Waals surface area contributed by atoms with Crippen molar-refractivity contribution in [3.63, 3.8) is 0 Å². The summed E-state index contributed by atoms with van der Waals surface area (Å²) < 4.78 is 78.2. The van der Waals surface area contributed by atoms with E-state index in [1.165, 1.54) is 4.90 Å². The standard InChI is InChI=1S/C19H19F6N5O/c1-10-26-15-4-5-30(9-14(15)16(27-10)29(2)3)17(31)28-13-7-11(18(20,21)22)6-12(8-13)19(23,24)25/h6-8H,4-5,9H2,1-3H3,(H,28,31). The summed E-state index contributed by atoms with van der Waals surface area (Å²) in [5, 5.41) is 2.16. The fourth-order valence-electron chi connectivity index (χ4n) is 3.29. The number of nitrogens with one attached hydrogen (secondary N) is 1. The monoisotopic (exact) mass is 447 g/mol. The fraction of sp³-hybridized carbons (Fsp3) is 0.421. The first-order chi connectivity index (χ1) is 14.3. The smallest absolute Gasteiger partial charge is 0.362 e. The molecule has 0 atom stereocenters. The molecule has 0 fully saturated rings. The number of amides is 2. The third kappa shape index (κ3) is 5.00. The highest BCUT2D eigenvalue weighted by molar-refractivity contribution is 5.90. The molecule has 168 valence electrons. The van der Waals surface area contributed by atoms with Crippen molar-refractivity contribution in [1.29, 1.82) is 0 Å². The first kappa shape index (κ1) is 22.6. The number of carbonyl (C=O) groups is 1. The molecule has 1 aliphatic heterocycles. The van der Waals surface area contributed by atoms with Gasteiger partial charge in [-0.05, 0) is 25.1 Å². The van der Waals surface area contributed by atoms with Gasteiger partial charge in [0.25, 0.3) is 0 Å². The van der Waals surface area contributed by atoms with E-state index in [1.54, 1.807) is 25.9 Å². The van der Waals surface area contributed by atoms with Crippen LogP contribution in [0.1, 0.15) is 28.2 Å². The highest BCUT2D eigenvalue weighted by atomic mass is 19.4. The Morgan fingerprint density at radius 1 is 1.03 bits per heavy atom. The lowest BCUT2D eigenvalue weighted by atomic mass is 10.1. The van der Waals surface area contributed by atoms with Gasteiger partial charge in [-0.1, -0.05) is 0 Å². The van der Waals surface area contributed by atoms with Crippen molar-refractivity contribution >= 4 is 17.5 Å². The highest BCUT2D eigenvalue weighted by Gasteiger charge is 2.37. The van der Waals surface area contributed by atoms with E-state index in [9.17, 15) is 31.1 Å². The molecular formula is C19H19F6N5O. The Hall–Kier alpha value is -3.05. The molecule has 1 aliphatic rings. The molecule has 12 heteroatoms. The van der Waals surface area contributed by atoms with Crippen molar-refractivity contribution in [3.05, 3.63) is 46.4 Å². The fourth-order valence-corrected chi connectivity index (χ4v) is 3.29. The molecule has 1 aromatic carbocycles. The molecule has 0 saturated carbocycles. The first-order valence-electron chi connectivity index (χ1n) is 9.15. The summed E-state index contributed by atoms with van der Waals surface area (Å²) in [7, 11) is 3.53. The molecule has 6 nitrogen and oxygen atoms in total.